The molecule has 0 bridgehead atoms. The van der Waals surface area contributed by atoms with Crippen LogP contribution in [0, 0.1) is 20.8 Å². The molecule has 0 aliphatic heterocycles. The number of nitrogens with zero attached hydrogens (tertiary/aromatic N) is 4. The second-order valence-electron chi connectivity index (χ2n) is 6.50. The number of thiazole rings is 1. The Bertz CT molecular complexity index is 1140. The number of hydrogen-bond donors (Lipinski definition) is 1. The van der Waals surface area contributed by atoms with Gasteiger partial charge in [0.15, 0.2) is 10.8 Å². The molecule has 3 heterocycles. The van der Waals surface area contributed by atoms with Gasteiger partial charge in [-0.25, -0.2) is 14.5 Å². The standard InChI is InChI=1S/C20H19N5OS/c1-12-6-4-7-15(10-12)11-16-13(2)22-20(27-16)23-19(26)17-14(3)24-25-9-5-8-21-18(17)25/h4-10H,11H2,1-3H3,(H,22,23,26). The van der Waals surface area contributed by atoms with Gasteiger partial charge in [-0.15, -0.1) is 11.3 Å². The molecule has 3 aromatic heterocycles. The van der Waals surface area contributed by atoms with Crippen LogP contribution in [0.1, 0.15) is 37.7 Å². The van der Waals surface area contributed by atoms with Crippen LogP contribution in [0.3, 0.4) is 0 Å². The van der Waals surface area contributed by atoms with E-state index >= 15 is 0 Å². The average molecular weight is 377 g/mol. The molecule has 136 valence electrons. The maximum absolute atomic E-state index is 12.8. The first-order valence-electron chi connectivity index (χ1n) is 8.64. The van der Waals surface area contributed by atoms with Crippen molar-refractivity contribution in [3.05, 3.63) is 75.7 Å². The molecule has 27 heavy (non-hydrogen) atoms. The van der Waals surface area contributed by atoms with E-state index in [1.165, 1.54) is 22.5 Å². The van der Waals surface area contributed by atoms with Crippen LogP contribution in [-0.2, 0) is 6.42 Å². The van der Waals surface area contributed by atoms with Crippen molar-refractivity contribution in [1.29, 1.82) is 0 Å². The molecule has 0 saturated carbocycles. The molecular formula is C20H19N5OS. The van der Waals surface area contributed by atoms with Crippen molar-refractivity contribution >= 4 is 28.0 Å². The van der Waals surface area contributed by atoms with Crippen LogP contribution < -0.4 is 5.32 Å². The van der Waals surface area contributed by atoms with Crippen molar-refractivity contribution in [1.82, 2.24) is 19.6 Å². The van der Waals surface area contributed by atoms with Gasteiger partial charge >= 0.3 is 0 Å². The Labute approximate surface area is 160 Å². The van der Waals surface area contributed by atoms with Gasteiger partial charge in [0.25, 0.3) is 5.91 Å². The predicted octanol–water partition coefficient (Wildman–Crippen LogP) is 3.95. The molecule has 1 N–H and O–H groups in total. The van der Waals surface area contributed by atoms with E-state index in [2.05, 4.69) is 51.6 Å². The minimum Gasteiger partial charge on any atom is -0.298 e. The quantitative estimate of drug-likeness (QED) is 0.584. The summed E-state index contributed by atoms with van der Waals surface area (Å²) in [7, 11) is 0. The van der Waals surface area contributed by atoms with E-state index in [4.69, 9.17) is 0 Å². The van der Waals surface area contributed by atoms with E-state index in [1.807, 2.05) is 6.92 Å². The van der Waals surface area contributed by atoms with Gasteiger partial charge < -0.3 is 0 Å². The highest BCUT2D eigenvalue weighted by atomic mass is 32.1. The Kier molecular flexibility index (Phi) is 4.45. The highest BCUT2D eigenvalue weighted by Crippen LogP contribution is 2.26. The van der Waals surface area contributed by atoms with E-state index < -0.39 is 0 Å². The van der Waals surface area contributed by atoms with E-state index in [0.29, 0.717) is 22.0 Å². The summed E-state index contributed by atoms with van der Waals surface area (Å²) in [5.41, 5.74) is 5.07. The highest BCUT2D eigenvalue weighted by Gasteiger charge is 2.20. The van der Waals surface area contributed by atoms with Gasteiger partial charge in [-0.1, -0.05) is 29.8 Å². The summed E-state index contributed by atoms with van der Waals surface area (Å²) in [5.74, 6) is -0.239. The van der Waals surface area contributed by atoms with Crippen LogP contribution in [-0.4, -0.2) is 25.5 Å². The van der Waals surface area contributed by atoms with Crippen LogP contribution in [0.2, 0.25) is 0 Å². The van der Waals surface area contributed by atoms with Crippen molar-refractivity contribution in [3.63, 3.8) is 0 Å². The van der Waals surface area contributed by atoms with Gasteiger partial charge in [-0.2, -0.15) is 5.10 Å². The predicted molar refractivity (Wildman–Crippen MR) is 107 cm³/mol. The Morgan fingerprint density at radius 1 is 1.19 bits per heavy atom. The molecule has 0 spiro atoms. The largest absolute Gasteiger partial charge is 0.298 e. The smallest absolute Gasteiger partial charge is 0.263 e. The summed E-state index contributed by atoms with van der Waals surface area (Å²) in [6.07, 6.45) is 4.23. The zero-order valence-corrected chi connectivity index (χ0v) is 16.2. The number of amides is 1. The molecule has 0 saturated heterocycles. The summed E-state index contributed by atoms with van der Waals surface area (Å²) in [6.45, 7) is 5.86. The van der Waals surface area contributed by atoms with Crippen molar-refractivity contribution in [2.75, 3.05) is 5.32 Å². The lowest BCUT2D eigenvalue weighted by atomic mass is 10.1. The fourth-order valence-corrected chi connectivity index (χ4v) is 4.07. The molecule has 0 atom stereocenters. The number of carbonyl (C=O) groups excluding carboxylic acids is 1. The van der Waals surface area contributed by atoms with Gasteiger partial charge in [-0.3, -0.25) is 10.1 Å². The van der Waals surface area contributed by atoms with Crippen LogP contribution in [0.4, 0.5) is 5.13 Å². The third kappa shape index (κ3) is 3.46. The lowest BCUT2D eigenvalue weighted by molar-refractivity contribution is 0.102. The number of aromatic nitrogens is 4. The molecule has 4 aromatic rings. The first-order chi connectivity index (χ1) is 13.0. The molecule has 0 aliphatic rings. The molecule has 4 rings (SSSR count). The van der Waals surface area contributed by atoms with E-state index in [1.54, 1.807) is 29.9 Å². The summed E-state index contributed by atoms with van der Waals surface area (Å²) < 4.78 is 1.61. The number of nitrogens with one attached hydrogen (secondary N) is 1. The van der Waals surface area contributed by atoms with E-state index in [-0.39, 0.29) is 5.91 Å². The molecule has 0 aliphatic carbocycles. The fraction of sp³-hybridized carbons (Fsp3) is 0.200. The number of rotatable bonds is 4. The fourth-order valence-electron chi connectivity index (χ4n) is 3.08. The minimum atomic E-state index is -0.239. The third-order valence-electron chi connectivity index (χ3n) is 4.36. The summed E-state index contributed by atoms with van der Waals surface area (Å²) in [6, 6.07) is 10.2. The zero-order valence-electron chi connectivity index (χ0n) is 15.4. The van der Waals surface area contributed by atoms with Gasteiger partial charge in [0.2, 0.25) is 0 Å². The topological polar surface area (TPSA) is 72.2 Å². The summed E-state index contributed by atoms with van der Waals surface area (Å²) in [5, 5.41) is 7.84. The van der Waals surface area contributed by atoms with E-state index in [0.717, 1.165) is 17.0 Å². The molecule has 0 radical (unpaired) electrons. The van der Waals surface area contributed by atoms with Gasteiger partial charge in [-0.05, 0) is 32.4 Å². The van der Waals surface area contributed by atoms with Crippen LogP contribution in [0.5, 0.6) is 0 Å². The third-order valence-corrected chi connectivity index (χ3v) is 5.43. The molecule has 6 nitrogen and oxygen atoms in total. The van der Waals surface area contributed by atoms with Crippen LogP contribution in [0.15, 0.2) is 42.7 Å². The Hall–Kier alpha value is -3.06. The molecular weight excluding hydrogens is 358 g/mol. The van der Waals surface area contributed by atoms with Crippen molar-refractivity contribution in [3.8, 4) is 0 Å². The van der Waals surface area contributed by atoms with Crippen LogP contribution in [0.25, 0.3) is 5.65 Å². The lowest BCUT2D eigenvalue weighted by Crippen LogP contribution is -2.13. The van der Waals surface area contributed by atoms with Crippen molar-refractivity contribution in [2.45, 2.75) is 27.2 Å². The van der Waals surface area contributed by atoms with Gasteiger partial charge in [0.1, 0.15) is 5.56 Å². The molecule has 1 amide bonds. The monoisotopic (exact) mass is 377 g/mol. The molecule has 7 heteroatoms. The maximum atomic E-state index is 12.8. The minimum absolute atomic E-state index is 0.239. The normalized spacial score (nSPS) is 11.1. The first-order valence-corrected chi connectivity index (χ1v) is 9.46. The number of hydrogen-bond acceptors (Lipinski definition) is 5. The van der Waals surface area contributed by atoms with Crippen molar-refractivity contribution < 1.29 is 4.79 Å². The molecule has 0 unspecified atom stereocenters. The molecule has 1 aromatic carbocycles. The van der Waals surface area contributed by atoms with Crippen molar-refractivity contribution in [2.24, 2.45) is 0 Å². The maximum Gasteiger partial charge on any atom is 0.263 e. The first kappa shape index (κ1) is 17.4. The Balaban J connectivity index is 1.58. The number of aryl methyl sites for hydroxylation is 3. The van der Waals surface area contributed by atoms with Gasteiger partial charge in [0, 0.05) is 23.7 Å². The number of fused-ring (bicyclic) bond motifs is 1. The zero-order chi connectivity index (χ0) is 19.0. The average Bonchev–Trinajstić information content (AvgIpc) is 3.13. The Morgan fingerprint density at radius 2 is 2.04 bits per heavy atom. The number of benzene rings is 1. The second kappa shape index (κ2) is 6.92. The van der Waals surface area contributed by atoms with Gasteiger partial charge in [0.05, 0.1) is 11.4 Å². The van der Waals surface area contributed by atoms with Crippen LogP contribution >= 0.6 is 11.3 Å². The number of anilines is 1. The summed E-state index contributed by atoms with van der Waals surface area (Å²) in [4.78, 5) is 22.7. The number of carbonyl (C=O) groups is 1. The second-order valence-corrected chi connectivity index (χ2v) is 7.58. The Morgan fingerprint density at radius 3 is 2.85 bits per heavy atom. The SMILES string of the molecule is Cc1cccc(Cc2sc(NC(=O)c3c(C)nn4cccnc34)nc2C)c1. The van der Waals surface area contributed by atoms with E-state index in [9.17, 15) is 4.79 Å². The highest BCUT2D eigenvalue weighted by molar-refractivity contribution is 7.15. The summed E-state index contributed by atoms with van der Waals surface area (Å²) >= 11 is 1.51. The lowest BCUT2D eigenvalue weighted by Gasteiger charge is -2.01. The molecule has 0 fully saturated rings.